The maximum atomic E-state index is 15.9. The smallest absolute Gasteiger partial charge is 0.411 e. The van der Waals surface area contributed by atoms with Crippen molar-refractivity contribution in [1.82, 2.24) is 14.7 Å². The third kappa shape index (κ3) is 12.9. The Hall–Kier alpha value is -8.83. The molecule has 4 aliphatic rings. The lowest BCUT2D eigenvalue weighted by molar-refractivity contribution is -0.0345. The van der Waals surface area contributed by atoms with Crippen molar-refractivity contribution in [3.8, 4) is 22.3 Å². The molecule has 12 rings (SSSR count). The molecule has 452 valence electrons. The Labute approximate surface area is 520 Å². The Morgan fingerprint density at radius 2 is 0.852 bits per heavy atom. The van der Waals surface area contributed by atoms with Gasteiger partial charge in [-0.3, -0.25) is 14.7 Å². The maximum absolute atomic E-state index is 15.9. The standard InChI is InChI=1S/C77H83N5O6/c1-73(2,3)58-26-18-28-60(48-58)76(40-41-76)80-50-68(86-70(80)83)66(44-52-32-36-62(37-33-52)78-64-30-16-24-56(46-64)54-20-12-10-13-21-54)82(72(85)88-75(7,8)9)67(69-51-81(71(84)87-69)77(42-43-77)61-29-19-27-59(49-61)74(4,5)6)45-53-34-38-63(39-35-53)79-65-31-17-25-57(47-65)55-22-14-11-15-23-55/h10-39,46-49,66-69,78-79H,40-45,50-51H2,1-9H3. The van der Waals surface area contributed by atoms with Crippen molar-refractivity contribution in [2.45, 2.75) is 153 Å². The zero-order valence-corrected chi connectivity index (χ0v) is 52.4. The van der Waals surface area contributed by atoms with Gasteiger partial charge in [0, 0.05) is 22.7 Å². The number of carbonyl (C=O) groups excluding carboxylic acids is 3. The van der Waals surface area contributed by atoms with Gasteiger partial charge in [-0.2, -0.15) is 0 Å². The molecule has 0 radical (unpaired) electrons. The highest BCUT2D eigenvalue weighted by molar-refractivity contribution is 5.76. The summed E-state index contributed by atoms with van der Waals surface area (Å²) in [7, 11) is 0. The number of carbonyl (C=O) groups is 3. The first-order valence-electron chi connectivity index (χ1n) is 31.3. The van der Waals surface area contributed by atoms with Crippen LogP contribution in [0, 0.1) is 0 Å². The normalized spacial score (nSPS) is 18.4. The van der Waals surface area contributed by atoms with E-state index in [-0.39, 0.29) is 36.8 Å². The highest BCUT2D eigenvalue weighted by atomic mass is 16.6. The molecule has 2 N–H and O–H groups in total. The predicted molar refractivity (Wildman–Crippen MR) is 352 cm³/mol. The summed E-state index contributed by atoms with van der Waals surface area (Å²) in [6.45, 7) is 19.3. The van der Waals surface area contributed by atoms with Crippen LogP contribution in [0.3, 0.4) is 0 Å². The number of nitrogens with zero attached hydrogens (tertiary/aromatic N) is 3. The Morgan fingerprint density at radius 3 is 1.22 bits per heavy atom. The van der Waals surface area contributed by atoms with E-state index in [0.717, 1.165) is 92.9 Å². The molecule has 2 aliphatic carbocycles. The molecule has 2 saturated heterocycles. The zero-order chi connectivity index (χ0) is 61.6. The minimum absolute atomic E-state index is 0.106. The summed E-state index contributed by atoms with van der Waals surface area (Å²) < 4.78 is 20.0. The van der Waals surface area contributed by atoms with Gasteiger partial charge in [0.05, 0.1) is 36.3 Å². The maximum Gasteiger partial charge on any atom is 0.411 e. The molecule has 11 nitrogen and oxygen atoms in total. The topological polar surface area (TPSA) is 113 Å². The molecule has 0 bridgehead atoms. The number of nitrogens with one attached hydrogen (secondary N) is 2. The number of rotatable bonds is 18. The van der Waals surface area contributed by atoms with E-state index in [1.807, 2.05) is 67.0 Å². The number of cyclic esters (lactones) is 2. The molecule has 88 heavy (non-hydrogen) atoms. The van der Waals surface area contributed by atoms with E-state index in [4.69, 9.17) is 14.2 Å². The lowest BCUT2D eigenvalue weighted by atomic mass is 9.85. The van der Waals surface area contributed by atoms with Crippen LogP contribution in [0.15, 0.2) is 206 Å². The van der Waals surface area contributed by atoms with E-state index in [0.29, 0.717) is 0 Å². The minimum atomic E-state index is -0.927. The molecule has 2 saturated carbocycles. The first-order valence-corrected chi connectivity index (χ1v) is 31.3. The van der Waals surface area contributed by atoms with Gasteiger partial charge in [-0.05, 0) is 174 Å². The fourth-order valence-corrected chi connectivity index (χ4v) is 13.0. The number of benzene rings is 8. The van der Waals surface area contributed by atoms with Crippen molar-refractivity contribution >= 4 is 41.0 Å². The van der Waals surface area contributed by atoms with Crippen molar-refractivity contribution < 1.29 is 28.6 Å². The van der Waals surface area contributed by atoms with Gasteiger partial charge in [0.15, 0.2) is 0 Å². The number of hydrogen-bond donors (Lipinski definition) is 2. The number of hydrogen-bond acceptors (Lipinski definition) is 8. The fourth-order valence-electron chi connectivity index (χ4n) is 13.0. The SMILES string of the molecule is CC(C)(C)OC(=O)N(C(Cc1ccc(Nc2cccc(-c3ccccc3)c2)cc1)C1CN(C2(c3cccc(C(C)(C)C)c3)CC2)C(=O)O1)C(Cc1ccc(Nc2cccc(-c3ccccc3)c2)cc1)C1CN(C2(c3cccc(C(C)(C)C)c3)CC2)C(=O)O1. The molecule has 4 unspecified atom stereocenters. The molecule has 4 fully saturated rings. The van der Waals surface area contributed by atoms with Crippen molar-refractivity contribution in [3.05, 3.63) is 240 Å². The van der Waals surface area contributed by atoms with Crippen LogP contribution in [0.5, 0.6) is 0 Å². The summed E-state index contributed by atoms with van der Waals surface area (Å²) in [5.41, 5.74) is 12.2. The molecular weight excluding hydrogens is 1090 g/mol. The summed E-state index contributed by atoms with van der Waals surface area (Å²) in [4.78, 5) is 51.4. The van der Waals surface area contributed by atoms with Gasteiger partial charge in [-0.25, -0.2) is 14.4 Å². The third-order valence-electron chi connectivity index (χ3n) is 18.2. The quantitative estimate of drug-likeness (QED) is 0.0817. The molecule has 8 aromatic carbocycles. The van der Waals surface area contributed by atoms with Crippen LogP contribution in [0.1, 0.15) is 121 Å². The molecule has 11 heteroatoms. The second kappa shape index (κ2) is 23.7. The van der Waals surface area contributed by atoms with Gasteiger partial charge >= 0.3 is 18.3 Å². The molecule has 3 amide bonds. The van der Waals surface area contributed by atoms with Gasteiger partial charge in [0.2, 0.25) is 0 Å². The average Bonchev–Trinajstić information content (AvgIpc) is 1.60. The fraction of sp³-hybridized carbons (Fsp3) is 0.338. The lowest BCUT2D eigenvalue weighted by Gasteiger charge is -2.42. The first kappa shape index (κ1) is 59.5. The molecule has 0 aromatic heterocycles. The second-order valence-electron chi connectivity index (χ2n) is 27.8. The summed E-state index contributed by atoms with van der Waals surface area (Å²) in [6, 6.07) is 69.6. The second-order valence-corrected chi connectivity index (χ2v) is 27.8. The summed E-state index contributed by atoms with van der Waals surface area (Å²) in [5.74, 6) is 0. The summed E-state index contributed by atoms with van der Waals surface area (Å²) in [5, 5.41) is 7.24. The van der Waals surface area contributed by atoms with Crippen LogP contribution in [0.2, 0.25) is 0 Å². The molecule has 4 atom stereocenters. The van der Waals surface area contributed by atoms with Crippen LogP contribution in [-0.2, 0) is 49.0 Å². The Balaban J connectivity index is 0.932. The van der Waals surface area contributed by atoms with E-state index in [2.05, 4.69) is 222 Å². The molecule has 0 spiro atoms. The minimum Gasteiger partial charge on any atom is -0.444 e. The average molecular weight is 1170 g/mol. The molecule has 8 aromatic rings. The third-order valence-corrected chi connectivity index (χ3v) is 18.2. The van der Waals surface area contributed by atoms with Crippen LogP contribution >= 0.6 is 0 Å². The van der Waals surface area contributed by atoms with Crippen LogP contribution in [0.4, 0.5) is 37.1 Å². The Kier molecular flexibility index (Phi) is 16.0. The number of anilines is 4. The van der Waals surface area contributed by atoms with Crippen molar-refractivity contribution in [2.24, 2.45) is 0 Å². The van der Waals surface area contributed by atoms with Crippen molar-refractivity contribution in [2.75, 3.05) is 23.7 Å². The van der Waals surface area contributed by atoms with Gasteiger partial charge in [-0.1, -0.05) is 199 Å². The van der Waals surface area contributed by atoms with E-state index >= 15 is 4.79 Å². The van der Waals surface area contributed by atoms with Gasteiger partial charge in [0.1, 0.15) is 17.8 Å². The number of ether oxygens (including phenoxy) is 3. The molecular formula is C77H83N5O6. The monoisotopic (exact) mass is 1170 g/mol. The molecule has 2 heterocycles. The largest absolute Gasteiger partial charge is 0.444 e. The predicted octanol–water partition coefficient (Wildman–Crippen LogP) is 17.9. The van der Waals surface area contributed by atoms with Gasteiger partial charge < -0.3 is 24.8 Å². The van der Waals surface area contributed by atoms with Crippen LogP contribution in [-0.4, -0.2) is 76.0 Å². The lowest BCUT2D eigenvalue weighted by Crippen LogP contribution is -2.60. The van der Waals surface area contributed by atoms with Crippen molar-refractivity contribution in [3.63, 3.8) is 0 Å². The Morgan fingerprint density at radius 1 is 0.477 bits per heavy atom. The van der Waals surface area contributed by atoms with Crippen LogP contribution in [0.25, 0.3) is 22.3 Å². The van der Waals surface area contributed by atoms with E-state index in [1.54, 1.807) is 4.90 Å². The Bertz CT molecular complexity index is 3560. The van der Waals surface area contributed by atoms with Gasteiger partial charge in [-0.15, -0.1) is 0 Å². The summed E-state index contributed by atoms with van der Waals surface area (Å²) >= 11 is 0. The van der Waals surface area contributed by atoms with Crippen molar-refractivity contribution in [1.29, 1.82) is 0 Å². The zero-order valence-electron chi connectivity index (χ0n) is 52.4. The summed E-state index contributed by atoms with van der Waals surface area (Å²) in [6.07, 6.45) is 0.655. The van der Waals surface area contributed by atoms with E-state index in [1.165, 1.54) is 11.1 Å². The van der Waals surface area contributed by atoms with Gasteiger partial charge in [0.25, 0.3) is 0 Å². The molecule has 2 aliphatic heterocycles. The first-order chi connectivity index (χ1) is 42.1. The number of amides is 3. The highest BCUT2D eigenvalue weighted by Gasteiger charge is 2.60. The van der Waals surface area contributed by atoms with Crippen LogP contribution < -0.4 is 10.6 Å². The van der Waals surface area contributed by atoms with E-state index in [9.17, 15) is 9.59 Å². The van der Waals surface area contributed by atoms with E-state index < -0.39 is 59.3 Å². The highest BCUT2D eigenvalue weighted by Crippen LogP contribution is 2.55.